The lowest BCUT2D eigenvalue weighted by Gasteiger charge is -2.10. The Kier molecular flexibility index (Phi) is 1.92. The zero-order valence-corrected chi connectivity index (χ0v) is 5.74. The fourth-order valence-electron chi connectivity index (χ4n) is 1.14. The van der Waals surface area contributed by atoms with E-state index in [1.54, 1.807) is 6.92 Å². The average molecular weight is 145 g/mol. The van der Waals surface area contributed by atoms with Gasteiger partial charge in [0, 0.05) is 12.6 Å². The number of aliphatic carboxylic acids is 1. The lowest BCUT2D eigenvalue weighted by atomic mass is 10.0. The smallest absolute Gasteiger partial charge is 0.310 e. The van der Waals surface area contributed by atoms with Crippen molar-refractivity contribution in [2.45, 2.75) is 19.1 Å². The summed E-state index contributed by atoms with van der Waals surface area (Å²) in [5.74, 6) is -1.56. The number of aliphatic hydroxyl groups excluding tert-OH is 1. The average Bonchev–Trinajstić information content (AvgIpc) is 2.14. The first-order chi connectivity index (χ1) is 4.63. The van der Waals surface area contributed by atoms with E-state index in [0.717, 1.165) is 0 Å². The number of carbonyl (C=O) groups is 1. The third-order valence-corrected chi connectivity index (χ3v) is 1.90. The maximum atomic E-state index is 10.4. The molecule has 0 spiro atoms. The van der Waals surface area contributed by atoms with E-state index in [-0.39, 0.29) is 6.04 Å². The summed E-state index contributed by atoms with van der Waals surface area (Å²) in [6.07, 6.45) is -0.738. The van der Waals surface area contributed by atoms with Gasteiger partial charge in [-0.3, -0.25) is 4.79 Å². The highest BCUT2D eigenvalue weighted by atomic mass is 16.4. The number of hydrogen-bond donors (Lipinski definition) is 3. The normalized spacial score (nSPS) is 40.0. The topological polar surface area (TPSA) is 69.6 Å². The molecule has 58 valence electrons. The van der Waals surface area contributed by atoms with Crippen LogP contribution < -0.4 is 5.32 Å². The number of hydrogen-bond acceptors (Lipinski definition) is 3. The van der Waals surface area contributed by atoms with Gasteiger partial charge >= 0.3 is 5.97 Å². The first-order valence-corrected chi connectivity index (χ1v) is 3.27. The van der Waals surface area contributed by atoms with Gasteiger partial charge in [0.05, 0.1) is 12.0 Å². The van der Waals surface area contributed by atoms with E-state index in [9.17, 15) is 9.90 Å². The minimum absolute atomic E-state index is 0.0962. The van der Waals surface area contributed by atoms with E-state index >= 15 is 0 Å². The van der Waals surface area contributed by atoms with Crippen molar-refractivity contribution in [1.29, 1.82) is 0 Å². The number of rotatable bonds is 1. The fraction of sp³-hybridized carbons (Fsp3) is 0.833. The van der Waals surface area contributed by atoms with E-state index in [4.69, 9.17) is 5.11 Å². The molecule has 0 radical (unpaired) electrons. The maximum absolute atomic E-state index is 10.4. The van der Waals surface area contributed by atoms with Gasteiger partial charge in [-0.2, -0.15) is 0 Å². The molecular weight excluding hydrogens is 134 g/mol. The van der Waals surface area contributed by atoms with Crippen LogP contribution in [-0.4, -0.2) is 34.9 Å². The summed E-state index contributed by atoms with van der Waals surface area (Å²) in [5, 5.41) is 20.6. The zero-order valence-electron chi connectivity index (χ0n) is 5.74. The van der Waals surface area contributed by atoms with Crippen LogP contribution in [-0.2, 0) is 4.79 Å². The molecule has 0 aromatic rings. The van der Waals surface area contributed by atoms with Crippen molar-refractivity contribution in [3.8, 4) is 0 Å². The molecule has 0 amide bonds. The molecule has 1 saturated heterocycles. The van der Waals surface area contributed by atoms with Gasteiger partial charge in [-0.15, -0.1) is 0 Å². The van der Waals surface area contributed by atoms with E-state index < -0.39 is 18.0 Å². The van der Waals surface area contributed by atoms with Crippen molar-refractivity contribution in [2.75, 3.05) is 6.54 Å². The Hall–Kier alpha value is -0.610. The largest absolute Gasteiger partial charge is 0.481 e. The Morgan fingerprint density at radius 3 is 2.50 bits per heavy atom. The summed E-state index contributed by atoms with van der Waals surface area (Å²) in [5.41, 5.74) is 0. The highest BCUT2D eigenvalue weighted by Gasteiger charge is 2.36. The summed E-state index contributed by atoms with van der Waals surface area (Å²) in [7, 11) is 0. The van der Waals surface area contributed by atoms with Crippen LogP contribution in [0, 0.1) is 5.92 Å². The van der Waals surface area contributed by atoms with Crippen LogP contribution in [0.5, 0.6) is 0 Å². The highest BCUT2D eigenvalue weighted by Crippen LogP contribution is 2.14. The molecule has 3 N–H and O–H groups in total. The summed E-state index contributed by atoms with van der Waals surface area (Å²) in [4.78, 5) is 10.4. The van der Waals surface area contributed by atoms with Crippen LogP contribution in [0.25, 0.3) is 0 Å². The van der Waals surface area contributed by atoms with Crippen LogP contribution in [0.4, 0.5) is 0 Å². The monoisotopic (exact) mass is 145 g/mol. The second kappa shape index (κ2) is 2.56. The molecule has 1 heterocycles. The van der Waals surface area contributed by atoms with Crippen LogP contribution >= 0.6 is 0 Å². The third-order valence-electron chi connectivity index (χ3n) is 1.90. The van der Waals surface area contributed by atoms with Crippen molar-refractivity contribution in [1.82, 2.24) is 5.32 Å². The molecule has 1 aliphatic rings. The van der Waals surface area contributed by atoms with Crippen LogP contribution in [0.15, 0.2) is 0 Å². The van der Waals surface area contributed by atoms with Crippen molar-refractivity contribution in [2.24, 2.45) is 5.92 Å². The zero-order chi connectivity index (χ0) is 7.72. The van der Waals surface area contributed by atoms with Crippen molar-refractivity contribution in [3.05, 3.63) is 0 Å². The van der Waals surface area contributed by atoms with Crippen molar-refractivity contribution < 1.29 is 15.0 Å². The Morgan fingerprint density at radius 1 is 1.70 bits per heavy atom. The van der Waals surface area contributed by atoms with Crippen molar-refractivity contribution in [3.63, 3.8) is 0 Å². The standard InChI is InChI=1S/C6H11NO3/c1-3-5(8)4(2-7-3)6(9)10/h3-5,7-8H,2H2,1H3,(H,9,10)/t3-,4?,5?/m1/s1. The molecule has 0 aromatic heterocycles. The van der Waals surface area contributed by atoms with E-state index in [1.165, 1.54) is 0 Å². The minimum Gasteiger partial charge on any atom is -0.481 e. The number of aliphatic hydroxyl groups is 1. The molecule has 1 aliphatic heterocycles. The van der Waals surface area contributed by atoms with Crippen LogP contribution in [0.3, 0.4) is 0 Å². The van der Waals surface area contributed by atoms with Gasteiger partial charge in [0.25, 0.3) is 0 Å². The molecule has 4 nitrogen and oxygen atoms in total. The van der Waals surface area contributed by atoms with Gasteiger partial charge in [0.1, 0.15) is 0 Å². The molecule has 2 unspecified atom stereocenters. The van der Waals surface area contributed by atoms with Crippen LogP contribution in [0.1, 0.15) is 6.92 Å². The van der Waals surface area contributed by atoms with E-state index in [1.807, 2.05) is 0 Å². The van der Waals surface area contributed by atoms with Crippen LogP contribution in [0.2, 0.25) is 0 Å². The lowest BCUT2D eigenvalue weighted by molar-refractivity contribution is -0.144. The lowest BCUT2D eigenvalue weighted by Crippen LogP contribution is -2.30. The molecule has 0 aromatic carbocycles. The second-order valence-electron chi connectivity index (χ2n) is 2.63. The molecule has 0 saturated carbocycles. The summed E-state index contributed by atoms with van der Waals surface area (Å²) in [6.45, 7) is 2.14. The van der Waals surface area contributed by atoms with E-state index in [2.05, 4.69) is 5.32 Å². The predicted octanol–water partition coefficient (Wildman–Crippen LogP) is -0.960. The molecule has 1 fully saturated rings. The van der Waals surface area contributed by atoms with Gasteiger partial charge in [0.15, 0.2) is 0 Å². The molecule has 0 bridgehead atoms. The number of carboxylic acids is 1. The van der Waals surface area contributed by atoms with Gasteiger partial charge in [0.2, 0.25) is 0 Å². The summed E-state index contributed by atoms with van der Waals surface area (Å²) >= 11 is 0. The third kappa shape index (κ3) is 1.12. The minimum atomic E-state index is -0.927. The molecule has 4 heteroatoms. The molecule has 0 aliphatic carbocycles. The quantitative estimate of drug-likeness (QED) is 0.444. The first kappa shape index (κ1) is 7.50. The molecule has 1 rings (SSSR count). The highest BCUT2D eigenvalue weighted by molar-refractivity contribution is 5.71. The predicted molar refractivity (Wildman–Crippen MR) is 34.6 cm³/mol. The van der Waals surface area contributed by atoms with Gasteiger partial charge in [-0.1, -0.05) is 0 Å². The number of nitrogens with one attached hydrogen (secondary N) is 1. The molecule has 10 heavy (non-hydrogen) atoms. The van der Waals surface area contributed by atoms with Gasteiger partial charge in [-0.25, -0.2) is 0 Å². The molecule has 3 atom stereocenters. The first-order valence-electron chi connectivity index (χ1n) is 3.27. The maximum Gasteiger partial charge on any atom is 0.310 e. The SMILES string of the molecule is C[C@H]1NCC(C(=O)O)C1O. The Balaban J connectivity index is 2.57. The Labute approximate surface area is 58.9 Å². The summed E-state index contributed by atoms with van der Waals surface area (Å²) in [6, 6.07) is -0.0962. The Bertz CT molecular complexity index is 148. The van der Waals surface area contributed by atoms with E-state index in [0.29, 0.717) is 6.54 Å². The molecular formula is C6H11NO3. The van der Waals surface area contributed by atoms with Crippen molar-refractivity contribution >= 4 is 5.97 Å². The van der Waals surface area contributed by atoms with Gasteiger partial charge in [-0.05, 0) is 6.92 Å². The number of carboxylic acid groups (broad SMARTS) is 1. The second-order valence-corrected chi connectivity index (χ2v) is 2.63. The fourth-order valence-corrected chi connectivity index (χ4v) is 1.14. The summed E-state index contributed by atoms with van der Waals surface area (Å²) < 4.78 is 0. The van der Waals surface area contributed by atoms with Gasteiger partial charge < -0.3 is 15.5 Å². The Morgan fingerprint density at radius 2 is 2.30 bits per heavy atom.